The number of aliphatic carboxylic acids is 4. The van der Waals surface area contributed by atoms with Gasteiger partial charge >= 0.3 is 29.9 Å². The maximum Gasteiger partial charge on any atom is 0.326 e. The van der Waals surface area contributed by atoms with Crippen molar-refractivity contribution >= 4 is 70.2 Å². The van der Waals surface area contributed by atoms with Crippen LogP contribution in [0.4, 0.5) is 4.79 Å². The van der Waals surface area contributed by atoms with Crippen LogP contribution in [0.15, 0.2) is 24.3 Å². The Morgan fingerprint density at radius 3 is 1.51 bits per heavy atom. The van der Waals surface area contributed by atoms with E-state index in [-0.39, 0.29) is 50.5 Å². The van der Waals surface area contributed by atoms with E-state index >= 15 is 0 Å². The number of urea groups is 1. The molecule has 18 heteroatoms. The number of unbranched alkanes of at least 4 members (excludes halogenated alkanes) is 2. The van der Waals surface area contributed by atoms with Crippen LogP contribution in [0.2, 0.25) is 0 Å². The third-order valence-corrected chi connectivity index (χ3v) is 9.30. The molecule has 53 heavy (non-hydrogen) atoms. The topological polar surface area (TPSA) is 278 Å². The number of carboxylic acids is 4. The molecule has 0 aliphatic rings. The number of amides is 5. The molecule has 0 bridgehead atoms. The number of carboxylic acid groups (broad SMARTS) is 4. The van der Waals surface area contributed by atoms with Gasteiger partial charge in [-0.15, -0.1) is 0 Å². The van der Waals surface area contributed by atoms with Crippen molar-refractivity contribution in [1.29, 1.82) is 0 Å². The molecule has 5 amide bonds. The zero-order valence-corrected chi connectivity index (χ0v) is 32.6. The van der Waals surface area contributed by atoms with Crippen LogP contribution >= 0.6 is 22.6 Å². The van der Waals surface area contributed by atoms with E-state index in [4.69, 9.17) is 5.11 Å². The molecule has 2 unspecified atom stereocenters. The van der Waals surface area contributed by atoms with Crippen molar-refractivity contribution in [3.63, 3.8) is 0 Å². The second-order valence-corrected chi connectivity index (χ2v) is 15.2. The van der Waals surface area contributed by atoms with Crippen molar-refractivity contribution in [3.8, 4) is 0 Å². The normalized spacial score (nSPS) is 13.1. The summed E-state index contributed by atoms with van der Waals surface area (Å²) >= 11 is 2.14. The number of hydrogen-bond donors (Lipinski definition) is 9. The molecular weight excluding hydrogens is 809 g/mol. The fraction of sp³-hybridized carbons (Fsp3) is 0.600. The molecule has 0 spiro atoms. The first-order chi connectivity index (χ1) is 24.7. The van der Waals surface area contributed by atoms with Crippen LogP contribution < -0.4 is 26.6 Å². The zero-order valence-electron chi connectivity index (χ0n) is 30.5. The quantitative estimate of drug-likeness (QED) is 0.0507. The molecule has 1 aromatic carbocycles. The first-order valence-electron chi connectivity index (χ1n) is 17.3. The van der Waals surface area contributed by atoms with Gasteiger partial charge in [-0.2, -0.15) is 0 Å². The van der Waals surface area contributed by atoms with Gasteiger partial charge in [-0.3, -0.25) is 19.2 Å². The lowest BCUT2D eigenvalue weighted by Crippen LogP contribution is -2.51. The molecule has 17 nitrogen and oxygen atoms in total. The first kappa shape index (κ1) is 46.5. The summed E-state index contributed by atoms with van der Waals surface area (Å²) in [6.45, 7) is 7.29. The van der Waals surface area contributed by atoms with Crippen LogP contribution in [0.5, 0.6) is 0 Å². The number of carbonyl (C=O) groups is 8. The monoisotopic (exact) mass is 861 g/mol. The predicted molar refractivity (Wildman–Crippen MR) is 200 cm³/mol. The number of nitrogens with one attached hydrogen (secondary N) is 5. The summed E-state index contributed by atoms with van der Waals surface area (Å²) in [7, 11) is 0. The van der Waals surface area contributed by atoms with Gasteiger partial charge in [-0.1, -0.05) is 27.7 Å². The van der Waals surface area contributed by atoms with Crippen molar-refractivity contribution in [3.05, 3.63) is 33.4 Å². The third kappa shape index (κ3) is 18.2. The van der Waals surface area contributed by atoms with Gasteiger partial charge < -0.3 is 47.0 Å². The van der Waals surface area contributed by atoms with Gasteiger partial charge in [-0.05, 0) is 105 Å². The van der Waals surface area contributed by atoms with E-state index in [9.17, 15) is 53.7 Å². The standard InChI is InChI=1S/C35H52IN5O12/c1-34(2,31(51)38-20-8-6-10-24(29(47)48)40-33(53)41-25(30(49)50)15-16-26(42)43)17-18-35(3,4)32(52)39-23(28(45)46)9-5-7-19-37-27(44)21-11-13-22(36)14-12-21/h11-14,23-25H,5-10,15-20H2,1-4H3,(H,37,44)(H,38,51)(H,39,52)(H,42,43)(H,45,46)(H,47,48)(H,49,50)(H2,40,41,53)/t23?,24-,25?/m0/s1. The third-order valence-electron chi connectivity index (χ3n) is 8.58. The number of hydrogen-bond acceptors (Lipinski definition) is 8. The lowest BCUT2D eigenvalue weighted by molar-refractivity contribution is -0.144. The molecule has 1 aromatic rings. The zero-order chi connectivity index (χ0) is 40.4. The Balaban J connectivity index is 2.50. The number of halogens is 1. The van der Waals surface area contributed by atoms with Gasteiger partial charge in [0.05, 0.1) is 0 Å². The molecule has 0 heterocycles. The summed E-state index contributed by atoms with van der Waals surface area (Å²) in [6, 6.07) is 2.01. The first-order valence-corrected chi connectivity index (χ1v) is 18.3. The maximum atomic E-state index is 13.1. The smallest absolute Gasteiger partial charge is 0.326 e. The number of rotatable bonds is 25. The molecule has 0 fully saturated rings. The van der Waals surface area contributed by atoms with E-state index in [1.54, 1.807) is 39.8 Å². The fourth-order valence-corrected chi connectivity index (χ4v) is 5.26. The minimum Gasteiger partial charge on any atom is -0.481 e. The molecule has 0 aliphatic carbocycles. The molecule has 1 rings (SSSR count). The minimum absolute atomic E-state index is 0.0279. The average molecular weight is 862 g/mol. The lowest BCUT2D eigenvalue weighted by Gasteiger charge is -2.30. The molecule has 0 saturated carbocycles. The second kappa shape index (κ2) is 22.5. The Hall–Kier alpha value is -4.49. The Morgan fingerprint density at radius 2 is 1.04 bits per heavy atom. The highest BCUT2D eigenvalue weighted by molar-refractivity contribution is 14.1. The number of benzene rings is 1. The molecule has 0 saturated heterocycles. The highest BCUT2D eigenvalue weighted by Gasteiger charge is 2.35. The molecule has 9 N–H and O–H groups in total. The van der Waals surface area contributed by atoms with Crippen molar-refractivity contribution in [2.24, 2.45) is 10.8 Å². The van der Waals surface area contributed by atoms with Crippen LogP contribution in [0.25, 0.3) is 0 Å². The van der Waals surface area contributed by atoms with E-state index in [1.807, 2.05) is 12.1 Å². The minimum atomic E-state index is -1.52. The highest BCUT2D eigenvalue weighted by atomic mass is 127. The van der Waals surface area contributed by atoms with E-state index in [1.165, 1.54) is 0 Å². The number of carbonyl (C=O) groups excluding carboxylic acids is 4. The summed E-state index contributed by atoms with van der Waals surface area (Å²) in [6.07, 6.45) is 1.40. The van der Waals surface area contributed by atoms with Crippen molar-refractivity contribution < 1.29 is 58.8 Å². The van der Waals surface area contributed by atoms with Gasteiger partial charge in [0.25, 0.3) is 5.91 Å². The summed E-state index contributed by atoms with van der Waals surface area (Å²) < 4.78 is 1.01. The molecular formula is C35H52IN5O12. The van der Waals surface area contributed by atoms with Crippen LogP contribution in [-0.4, -0.2) is 99.3 Å². The summed E-state index contributed by atoms with van der Waals surface area (Å²) in [5, 5.41) is 49.5. The summed E-state index contributed by atoms with van der Waals surface area (Å²) in [5.41, 5.74) is -1.38. The van der Waals surface area contributed by atoms with Crippen molar-refractivity contribution in [1.82, 2.24) is 26.6 Å². The van der Waals surface area contributed by atoms with Gasteiger partial charge in [0.1, 0.15) is 18.1 Å². The van der Waals surface area contributed by atoms with Gasteiger partial charge in [-0.25, -0.2) is 19.2 Å². The van der Waals surface area contributed by atoms with E-state index < -0.39 is 71.2 Å². The van der Waals surface area contributed by atoms with Crippen LogP contribution in [0, 0.1) is 14.4 Å². The summed E-state index contributed by atoms with van der Waals surface area (Å²) in [5.74, 6) is -6.25. The molecule has 0 radical (unpaired) electrons. The Kier molecular flexibility index (Phi) is 19.8. The Bertz CT molecular complexity index is 1450. The Labute approximate surface area is 321 Å². The van der Waals surface area contributed by atoms with E-state index in [0.717, 1.165) is 3.57 Å². The van der Waals surface area contributed by atoms with Crippen molar-refractivity contribution in [2.45, 2.75) is 110 Å². The van der Waals surface area contributed by atoms with Crippen LogP contribution in [-0.2, 0) is 28.8 Å². The van der Waals surface area contributed by atoms with Gasteiger partial charge in [0.2, 0.25) is 11.8 Å². The van der Waals surface area contributed by atoms with Gasteiger partial charge in [0.15, 0.2) is 0 Å². The highest BCUT2D eigenvalue weighted by Crippen LogP contribution is 2.31. The van der Waals surface area contributed by atoms with Crippen LogP contribution in [0.1, 0.15) is 102 Å². The fourth-order valence-electron chi connectivity index (χ4n) is 4.90. The predicted octanol–water partition coefficient (Wildman–Crippen LogP) is 2.95. The molecule has 3 atom stereocenters. The summed E-state index contributed by atoms with van der Waals surface area (Å²) in [4.78, 5) is 96.1. The largest absolute Gasteiger partial charge is 0.481 e. The second-order valence-electron chi connectivity index (χ2n) is 14.0. The average Bonchev–Trinajstić information content (AvgIpc) is 3.07. The Morgan fingerprint density at radius 1 is 0.604 bits per heavy atom. The van der Waals surface area contributed by atoms with Crippen molar-refractivity contribution in [2.75, 3.05) is 13.1 Å². The van der Waals surface area contributed by atoms with E-state index in [2.05, 4.69) is 49.2 Å². The van der Waals surface area contributed by atoms with Gasteiger partial charge in [0, 0.05) is 39.5 Å². The lowest BCUT2D eigenvalue weighted by atomic mass is 9.78. The molecule has 0 aromatic heterocycles. The molecule has 296 valence electrons. The maximum absolute atomic E-state index is 13.1. The molecule has 0 aliphatic heterocycles. The van der Waals surface area contributed by atoms with E-state index in [0.29, 0.717) is 37.8 Å². The SMILES string of the molecule is CC(C)(CCC(C)(C)C(=O)NC(CCCCNC(=O)c1ccc(I)cc1)C(=O)O)C(=O)NCCCC[C@H](NC(=O)NC(CCC(=O)O)C(=O)O)C(=O)O. The van der Waals surface area contributed by atoms with Crippen LogP contribution in [0.3, 0.4) is 0 Å².